The Morgan fingerprint density at radius 3 is 3.13 bits per heavy atom. The number of rotatable bonds is 2. The van der Waals surface area contributed by atoms with Gasteiger partial charge in [0.25, 0.3) is 0 Å². The number of nitrogens with zero attached hydrogens (tertiary/aromatic N) is 1. The van der Waals surface area contributed by atoms with Crippen molar-refractivity contribution in [2.75, 3.05) is 0 Å². The molecule has 80 valence electrons. The zero-order valence-corrected chi connectivity index (χ0v) is 8.95. The zero-order chi connectivity index (χ0) is 10.7. The number of hydrogen-bond donors (Lipinski definition) is 1. The van der Waals surface area contributed by atoms with E-state index in [1.165, 1.54) is 12.0 Å². The van der Waals surface area contributed by atoms with E-state index in [0.717, 1.165) is 37.8 Å². The molecule has 1 aliphatic rings. The van der Waals surface area contributed by atoms with Gasteiger partial charge in [0, 0.05) is 30.9 Å². The van der Waals surface area contributed by atoms with Gasteiger partial charge in [-0.15, -0.1) is 12.3 Å². The molecule has 1 N–H and O–H groups in total. The van der Waals surface area contributed by atoms with Crippen LogP contribution in [0.4, 0.5) is 0 Å². The molecule has 0 bridgehead atoms. The van der Waals surface area contributed by atoms with E-state index in [0.29, 0.717) is 0 Å². The van der Waals surface area contributed by atoms with E-state index >= 15 is 0 Å². The van der Waals surface area contributed by atoms with Gasteiger partial charge in [-0.05, 0) is 24.8 Å². The zero-order valence-electron chi connectivity index (χ0n) is 8.95. The summed E-state index contributed by atoms with van der Waals surface area (Å²) < 4.78 is 2.11. The lowest BCUT2D eigenvalue weighted by Crippen LogP contribution is -1.96. The number of aliphatic hydroxyl groups is 1. The molecule has 2 rings (SSSR count). The Kier molecular flexibility index (Phi) is 3.13. The Morgan fingerprint density at radius 2 is 2.33 bits per heavy atom. The first-order valence-corrected chi connectivity index (χ1v) is 5.61. The normalized spacial score (nSPS) is 20.4. The molecular weight excluding hydrogens is 186 g/mol. The molecule has 0 spiro atoms. The second-order valence-corrected chi connectivity index (χ2v) is 4.19. The third-order valence-electron chi connectivity index (χ3n) is 3.04. The third kappa shape index (κ3) is 2.24. The third-order valence-corrected chi connectivity index (χ3v) is 3.04. The minimum atomic E-state index is -0.269. The van der Waals surface area contributed by atoms with Crippen LogP contribution in [0.1, 0.15) is 42.9 Å². The number of aliphatic hydroxyl groups excluding tert-OH is 1. The summed E-state index contributed by atoms with van der Waals surface area (Å²) in [7, 11) is 0. The standard InChI is InChI=1S/C13H17NO/c1-2-3-8-14-9-11-6-4-5-7-13(15)12(11)10-14/h1,9-10,13,15H,3-8H2. The van der Waals surface area contributed by atoms with Gasteiger partial charge >= 0.3 is 0 Å². The van der Waals surface area contributed by atoms with Gasteiger partial charge in [0.05, 0.1) is 6.10 Å². The molecule has 0 saturated carbocycles. The maximum absolute atomic E-state index is 9.93. The molecule has 0 radical (unpaired) electrons. The van der Waals surface area contributed by atoms with Crippen LogP contribution in [0.3, 0.4) is 0 Å². The van der Waals surface area contributed by atoms with Crippen LogP contribution in [0.25, 0.3) is 0 Å². The average Bonchev–Trinajstić information content (AvgIpc) is 2.57. The highest BCUT2D eigenvalue weighted by atomic mass is 16.3. The first-order chi connectivity index (χ1) is 7.31. The van der Waals surface area contributed by atoms with Gasteiger partial charge in [-0.25, -0.2) is 0 Å². The molecule has 0 aromatic carbocycles. The maximum atomic E-state index is 9.93. The molecule has 1 aromatic rings. The van der Waals surface area contributed by atoms with Crippen LogP contribution in [0, 0.1) is 12.3 Å². The smallest absolute Gasteiger partial charge is 0.0807 e. The van der Waals surface area contributed by atoms with Crippen molar-refractivity contribution in [3.8, 4) is 12.3 Å². The summed E-state index contributed by atoms with van der Waals surface area (Å²) >= 11 is 0. The Balaban J connectivity index is 2.18. The van der Waals surface area contributed by atoms with Gasteiger partial charge in [-0.1, -0.05) is 6.42 Å². The quantitative estimate of drug-likeness (QED) is 0.579. The van der Waals surface area contributed by atoms with Gasteiger partial charge in [0.2, 0.25) is 0 Å². The van der Waals surface area contributed by atoms with E-state index in [-0.39, 0.29) is 6.10 Å². The highest BCUT2D eigenvalue weighted by Gasteiger charge is 2.17. The van der Waals surface area contributed by atoms with Crippen molar-refractivity contribution >= 4 is 0 Å². The largest absolute Gasteiger partial charge is 0.388 e. The monoisotopic (exact) mass is 203 g/mol. The average molecular weight is 203 g/mol. The van der Waals surface area contributed by atoms with Crippen molar-refractivity contribution in [2.45, 2.75) is 44.8 Å². The van der Waals surface area contributed by atoms with Crippen LogP contribution in [-0.4, -0.2) is 9.67 Å². The summed E-state index contributed by atoms with van der Waals surface area (Å²) in [6.07, 6.45) is 14.2. The van der Waals surface area contributed by atoms with Crippen molar-refractivity contribution in [3.63, 3.8) is 0 Å². The lowest BCUT2D eigenvalue weighted by atomic mass is 10.1. The predicted molar refractivity (Wildman–Crippen MR) is 60.4 cm³/mol. The van der Waals surface area contributed by atoms with Crippen molar-refractivity contribution in [1.82, 2.24) is 4.57 Å². The molecular formula is C13H17NO. The molecule has 15 heavy (non-hydrogen) atoms. The fourth-order valence-electron chi connectivity index (χ4n) is 2.21. The summed E-state index contributed by atoms with van der Waals surface area (Å²) in [4.78, 5) is 0. The van der Waals surface area contributed by atoms with Crippen LogP contribution in [0.2, 0.25) is 0 Å². The van der Waals surface area contributed by atoms with Crippen LogP contribution >= 0.6 is 0 Å². The Morgan fingerprint density at radius 1 is 1.47 bits per heavy atom. The van der Waals surface area contributed by atoms with E-state index in [1.807, 2.05) is 0 Å². The van der Waals surface area contributed by atoms with E-state index in [2.05, 4.69) is 22.9 Å². The molecule has 1 atom stereocenters. The number of fused-ring (bicyclic) bond motifs is 1. The molecule has 0 fully saturated rings. The minimum absolute atomic E-state index is 0.269. The lowest BCUT2D eigenvalue weighted by Gasteiger charge is -2.05. The highest BCUT2D eigenvalue weighted by Crippen LogP contribution is 2.29. The summed E-state index contributed by atoms with van der Waals surface area (Å²) in [5.74, 6) is 2.64. The van der Waals surface area contributed by atoms with Crippen LogP contribution < -0.4 is 0 Å². The predicted octanol–water partition coefficient (Wildman–Crippen LogP) is 2.27. The van der Waals surface area contributed by atoms with Gasteiger partial charge < -0.3 is 9.67 Å². The van der Waals surface area contributed by atoms with E-state index in [4.69, 9.17) is 6.42 Å². The Bertz CT molecular complexity index is 372. The summed E-state index contributed by atoms with van der Waals surface area (Å²) in [5.41, 5.74) is 2.42. The van der Waals surface area contributed by atoms with Crippen LogP contribution in [0.5, 0.6) is 0 Å². The second-order valence-electron chi connectivity index (χ2n) is 4.19. The SMILES string of the molecule is C#CCCn1cc2c(c1)C(O)CCCC2. The minimum Gasteiger partial charge on any atom is -0.388 e. The Labute approximate surface area is 90.9 Å². The number of hydrogen-bond acceptors (Lipinski definition) is 1. The molecule has 1 unspecified atom stereocenters. The van der Waals surface area contributed by atoms with Gasteiger partial charge in [-0.2, -0.15) is 0 Å². The molecule has 0 aliphatic heterocycles. The van der Waals surface area contributed by atoms with E-state index < -0.39 is 0 Å². The lowest BCUT2D eigenvalue weighted by molar-refractivity contribution is 0.166. The fourth-order valence-corrected chi connectivity index (χ4v) is 2.21. The van der Waals surface area contributed by atoms with Gasteiger partial charge in [0.15, 0.2) is 0 Å². The molecule has 2 heteroatoms. The molecule has 0 amide bonds. The fraction of sp³-hybridized carbons (Fsp3) is 0.538. The molecule has 1 aliphatic carbocycles. The van der Waals surface area contributed by atoms with Crippen molar-refractivity contribution in [3.05, 3.63) is 23.5 Å². The molecule has 0 saturated heterocycles. The van der Waals surface area contributed by atoms with Crippen LogP contribution in [-0.2, 0) is 13.0 Å². The Hall–Kier alpha value is -1.20. The summed E-state index contributed by atoms with van der Waals surface area (Å²) in [5, 5.41) is 9.93. The van der Waals surface area contributed by atoms with E-state index in [9.17, 15) is 5.11 Å². The molecule has 1 aromatic heterocycles. The van der Waals surface area contributed by atoms with Crippen molar-refractivity contribution in [2.24, 2.45) is 0 Å². The van der Waals surface area contributed by atoms with Crippen molar-refractivity contribution in [1.29, 1.82) is 0 Å². The maximum Gasteiger partial charge on any atom is 0.0807 e. The molecule has 1 heterocycles. The van der Waals surface area contributed by atoms with Crippen LogP contribution in [0.15, 0.2) is 12.4 Å². The van der Waals surface area contributed by atoms with Gasteiger partial charge in [0.1, 0.15) is 0 Å². The highest BCUT2D eigenvalue weighted by molar-refractivity contribution is 5.28. The number of aromatic nitrogens is 1. The number of terminal acetylenes is 1. The first-order valence-electron chi connectivity index (χ1n) is 5.61. The van der Waals surface area contributed by atoms with Crippen molar-refractivity contribution < 1.29 is 5.11 Å². The first kappa shape index (κ1) is 10.3. The summed E-state index contributed by atoms with van der Waals surface area (Å²) in [6, 6.07) is 0. The van der Waals surface area contributed by atoms with Gasteiger partial charge in [-0.3, -0.25) is 0 Å². The molecule has 2 nitrogen and oxygen atoms in total. The number of aryl methyl sites for hydroxylation is 2. The van der Waals surface area contributed by atoms with E-state index in [1.54, 1.807) is 0 Å². The second kappa shape index (κ2) is 4.55. The topological polar surface area (TPSA) is 25.2 Å². The summed E-state index contributed by atoms with van der Waals surface area (Å²) in [6.45, 7) is 0.857.